The molecular formula is C37H60O6. The third kappa shape index (κ3) is 6.41. The SMILES string of the molecule is CC1C2CC(C(=O)O)C(C2)C1C.CC1C2CC(C(=O)OC(C)(C)C)C(C2)C1C.CC1C2CC(C3COC(=O)C3)C(C2)C1C. The van der Waals surface area contributed by atoms with Crippen molar-refractivity contribution in [1.29, 1.82) is 0 Å². The van der Waals surface area contributed by atoms with Crippen molar-refractivity contribution in [3.63, 3.8) is 0 Å². The topological polar surface area (TPSA) is 89.9 Å². The number of carbonyl (C=O) groups is 3. The van der Waals surface area contributed by atoms with Crippen LogP contribution in [0.15, 0.2) is 0 Å². The van der Waals surface area contributed by atoms with Crippen molar-refractivity contribution < 1.29 is 29.0 Å². The van der Waals surface area contributed by atoms with Crippen LogP contribution in [0.3, 0.4) is 0 Å². The first kappa shape index (κ1) is 32.8. The van der Waals surface area contributed by atoms with Gasteiger partial charge in [0, 0.05) is 5.92 Å². The van der Waals surface area contributed by atoms with Crippen LogP contribution in [-0.4, -0.2) is 35.2 Å². The van der Waals surface area contributed by atoms with Crippen LogP contribution >= 0.6 is 0 Å². The molecule has 1 heterocycles. The van der Waals surface area contributed by atoms with E-state index in [9.17, 15) is 14.4 Å². The van der Waals surface area contributed by atoms with E-state index in [-0.39, 0.29) is 29.4 Å². The second kappa shape index (κ2) is 12.3. The molecule has 0 aromatic rings. The Morgan fingerprint density at radius 3 is 1.49 bits per heavy atom. The molecule has 1 saturated heterocycles. The quantitative estimate of drug-likeness (QED) is 0.334. The Labute approximate surface area is 260 Å². The number of fused-ring (bicyclic) bond motifs is 6. The van der Waals surface area contributed by atoms with Crippen molar-refractivity contribution in [3.8, 4) is 0 Å². The third-order valence-electron chi connectivity index (χ3n) is 14.3. The minimum Gasteiger partial charge on any atom is -0.481 e. The summed E-state index contributed by atoms with van der Waals surface area (Å²) in [4.78, 5) is 34.1. The zero-order valence-corrected chi connectivity index (χ0v) is 28.4. The Hall–Kier alpha value is -1.59. The number of carboxylic acid groups (broad SMARTS) is 1. The summed E-state index contributed by atoms with van der Waals surface area (Å²) in [5.41, 5.74) is -0.340. The minimum atomic E-state index is -0.568. The lowest BCUT2D eigenvalue weighted by Crippen LogP contribution is -2.35. The molecule has 7 fully saturated rings. The number of carbonyl (C=O) groups excluding carboxylic acids is 2. The lowest BCUT2D eigenvalue weighted by atomic mass is 9.71. The first-order valence-corrected chi connectivity index (χ1v) is 17.7. The van der Waals surface area contributed by atoms with Gasteiger partial charge in [-0.05, 0) is 136 Å². The Bertz CT molecular complexity index is 1040. The lowest BCUT2D eigenvalue weighted by molar-refractivity contribution is -0.163. The highest BCUT2D eigenvalue weighted by Gasteiger charge is 2.54. The molecule has 244 valence electrons. The zero-order chi connectivity index (χ0) is 31.5. The van der Waals surface area contributed by atoms with Crippen LogP contribution in [-0.2, 0) is 23.9 Å². The second-order valence-electron chi connectivity index (χ2n) is 17.2. The van der Waals surface area contributed by atoms with Crippen molar-refractivity contribution in [2.75, 3.05) is 6.61 Å². The van der Waals surface area contributed by atoms with E-state index >= 15 is 0 Å². The van der Waals surface area contributed by atoms with Gasteiger partial charge in [0.25, 0.3) is 0 Å². The fourth-order valence-electron chi connectivity index (χ4n) is 11.2. The Balaban J connectivity index is 0.000000130. The molecule has 0 amide bonds. The van der Waals surface area contributed by atoms with E-state index in [4.69, 9.17) is 14.6 Å². The maximum absolute atomic E-state index is 12.1. The molecule has 6 aliphatic carbocycles. The van der Waals surface area contributed by atoms with Gasteiger partial charge in [-0.3, -0.25) is 14.4 Å². The number of hydrogen-bond donors (Lipinski definition) is 1. The van der Waals surface area contributed by atoms with Crippen molar-refractivity contribution in [2.24, 2.45) is 94.7 Å². The first-order chi connectivity index (χ1) is 20.1. The number of cyclic esters (lactones) is 1. The predicted molar refractivity (Wildman–Crippen MR) is 167 cm³/mol. The average molecular weight is 601 g/mol. The van der Waals surface area contributed by atoms with E-state index < -0.39 is 5.97 Å². The van der Waals surface area contributed by atoms with Gasteiger partial charge in [0.15, 0.2) is 0 Å². The maximum Gasteiger partial charge on any atom is 0.309 e. The van der Waals surface area contributed by atoms with Crippen LogP contribution in [0.5, 0.6) is 0 Å². The summed E-state index contributed by atoms with van der Waals surface area (Å²) < 4.78 is 10.6. The monoisotopic (exact) mass is 600 g/mol. The number of carboxylic acids is 1. The van der Waals surface area contributed by atoms with Crippen LogP contribution in [0.4, 0.5) is 0 Å². The summed E-state index contributed by atoms with van der Waals surface area (Å²) >= 11 is 0. The third-order valence-corrected chi connectivity index (χ3v) is 14.3. The van der Waals surface area contributed by atoms with Gasteiger partial charge < -0.3 is 14.6 Å². The molecule has 6 bridgehead atoms. The smallest absolute Gasteiger partial charge is 0.309 e. The van der Waals surface area contributed by atoms with Gasteiger partial charge in [-0.25, -0.2) is 0 Å². The highest BCUT2D eigenvalue weighted by Crippen LogP contribution is 2.58. The van der Waals surface area contributed by atoms with Gasteiger partial charge in [0.05, 0.1) is 24.9 Å². The Kier molecular flexibility index (Phi) is 9.39. The van der Waals surface area contributed by atoms with Crippen molar-refractivity contribution in [1.82, 2.24) is 0 Å². The number of rotatable bonds is 3. The minimum absolute atomic E-state index is 0.0267. The number of hydrogen-bond acceptors (Lipinski definition) is 5. The summed E-state index contributed by atoms with van der Waals surface area (Å²) in [6.45, 7) is 20.5. The van der Waals surface area contributed by atoms with Gasteiger partial charge in [0.2, 0.25) is 0 Å². The summed E-state index contributed by atoms with van der Waals surface area (Å²) in [5.74, 6) is 9.95. The highest BCUT2D eigenvalue weighted by atomic mass is 16.6. The highest BCUT2D eigenvalue weighted by molar-refractivity contribution is 5.74. The molecule has 7 rings (SSSR count). The molecule has 6 nitrogen and oxygen atoms in total. The van der Waals surface area contributed by atoms with Crippen LogP contribution in [0.2, 0.25) is 0 Å². The van der Waals surface area contributed by atoms with E-state index in [0.717, 1.165) is 60.2 Å². The van der Waals surface area contributed by atoms with Gasteiger partial charge in [0.1, 0.15) is 5.60 Å². The number of aliphatic carboxylic acids is 1. The van der Waals surface area contributed by atoms with Crippen molar-refractivity contribution >= 4 is 17.9 Å². The lowest BCUT2D eigenvalue weighted by Gasteiger charge is -2.34. The van der Waals surface area contributed by atoms with Crippen LogP contribution < -0.4 is 0 Å². The number of esters is 2. The summed E-state index contributed by atoms with van der Waals surface area (Å²) in [6, 6.07) is 0. The Morgan fingerprint density at radius 2 is 1.09 bits per heavy atom. The van der Waals surface area contributed by atoms with Crippen molar-refractivity contribution in [3.05, 3.63) is 0 Å². The van der Waals surface area contributed by atoms with Crippen LogP contribution in [0.25, 0.3) is 0 Å². The molecule has 16 unspecified atom stereocenters. The Morgan fingerprint density at radius 1 is 0.651 bits per heavy atom. The molecule has 6 heteroatoms. The molecule has 6 saturated carbocycles. The zero-order valence-electron chi connectivity index (χ0n) is 28.4. The van der Waals surface area contributed by atoms with E-state index in [1.165, 1.54) is 25.7 Å². The van der Waals surface area contributed by atoms with Gasteiger partial charge >= 0.3 is 17.9 Å². The number of ether oxygens (including phenoxy) is 2. The summed E-state index contributed by atoms with van der Waals surface area (Å²) in [7, 11) is 0. The molecule has 16 atom stereocenters. The molecule has 0 spiro atoms. The molecular weight excluding hydrogens is 540 g/mol. The fourth-order valence-corrected chi connectivity index (χ4v) is 11.2. The maximum atomic E-state index is 12.1. The average Bonchev–Trinajstić information content (AvgIpc) is 3.77. The van der Waals surface area contributed by atoms with Gasteiger partial charge in [-0.1, -0.05) is 41.5 Å². The van der Waals surface area contributed by atoms with Crippen LogP contribution in [0, 0.1) is 94.7 Å². The standard InChI is InChI=1S/C14H24O2.C13H20O2.C10H16O2/c1-8-9(2)11-6-10(8)7-12(11)13(15)16-14(3,4)5;1-7-8(2)11-3-9(7)4-12(11)10-5-13(14)15-6-10;1-5-6(2)8-3-7(5)4-9(8)10(11)12/h8-12H,6-7H2,1-5H3;7-12H,3-6H2,1-2H3;5-9H,3-4H2,1-2H3,(H,11,12). The first-order valence-electron chi connectivity index (χ1n) is 17.7. The summed E-state index contributed by atoms with van der Waals surface area (Å²) in [5, 5.41) is 8.94. The van der Waals surface area contributed by atoms with E-state index in [1.807, 2.05) is 20.8 Å². The van der Waals surface area contributed by atoms with E-state index in [0.29, 0.717) is 48.5 Å². The molecule has 43 heavy (non-hydrogen) atoms. The van der Waals surface area contributed by atoms with Gasteiger partial charge in [-0.15, -0.1) is 0 Å². The van der Waals surface area contributed by atoms with Gasteiger partial charge in [-0.2, -0.15) is 0 Å². The predicted octanol–water partition coefficient (Wildman–Crippen LogP) is 7.73. The van der Waals surface area contributed by atoms with E-state index in [1.54, 1.807) is 0 Å². The molecule has 1 N–H and O–H groups in total. The molecule has 0 radical (unpaired) electrons. The molecule has 0 aromatic heterocycles. The molecule has 0 aromatic carbocycles. The summed E-state index contributed by atoms with van der Waals surface area (Å²) in [6.07, 6.45) is 7.87. The van der Waals surface area contributed by atoms with Crippen LogP contribution in [0.1, 0.15) is 107 Å². The fraction of sp³-hybridized carbons (Fsp3) is 0.919. The second-order valence-corrected chi connectivity index (χ2v) is 17.2. The van der Waals surface area contributed by atoms with E-state index in [2.05, 4.69) is 41.5 Å². The normalized spacial score (nSPS) is 48.8. The van der Waals surface area contributed by atoms with Crippen molar-refractivity contribution in [2.45, 2.75) is 113 Å². The molecule has 7 aliphatic rings. The largest absolute Gasteiger partial charge is 0.481 e. The molecule has 1 aliphatic heterocycles.